The molecule has 3 rings (SSSR count). The molecule has 1 fully saturated rings. The minimum absolute atomic E-state index is 0.00288. The maximum absolute atomic E-state index is 12.9. The van der Waals surface area contributed by atoms with Crippen molar-refractivity contribution in [2.24, 2.45) is 0 Å². The largest absolute Gasteiger partial charge is 0.241 e. The third-order valence-corrected chi connectivity index (χ3v) is 8.49. The van der Waals surface area contributed by atoms with Gasteiger partial charge < -0.3 is 0 Å². The second kappa shape index (κ2) is 7.91. The van der Waals surface area contributed by atoms with E-state index >= 15 is 0 Å². The van der Waals surface area contributed by atoms with E-state index in [9.17, 15) is 16.8 Å². The molecule has 0 bridgehead atoms. The first kappa shape index (κ1) is 20.3. The molecule has 27 heavy (non-hydrogen) atoms. The summed E-state index contributed by atoms with van der Waals surface area (Å²) in [4.78, 5) is 0.0156. The summed E-state index contributed by atoms with van der Waals surface area (Å²) in [5.74, 6) is 0. The van der Waals surface area contributed by atoms with Gasteiger partial charge in [-0.1, -0.05) is 36.9 Å². The third-order valence-electron chi connectivity index (χ3n) is 4.81. The molecular weight excluding hydrogens is 406 g/mol. The van der Waals surface area contributed by atoms with Crippen LogP contribution >= 0.6 is 11.6 Å². The lowest BCUT2D eigenvalue weighted by Gasteiger charge is -2.23. The number of hydrogen-bond donors (Lipinski definition) is 1. The minimum Gasteiger partial charge on any atom is -0.219 e. The van der Waals surface area contributed by atoms with Crippen molar-refractivity contribution in [1.82, 2.24) is 4.72 Å². The van der Waals surface area contributed by atoms with Crippen molar-refractivity contribution >= 4 is 31.5 Å². The third kappa shape index (κ3) is 4.54. The van der Waals surface area contributed by atoms with Gasteiger partial charge in [0, 0.05) is 11.1 Å². The van der Waals surface area contributed by atoms with Crippen LogP contribution in [-0.2, 0) is 19.9 Å². The Kier molecular flexibility index (Phi) is 5.96. The Morgan fingerprint density at radius 2 is 1.48 bits per heavy atom. The molecule has 1 aliphatic carbocycles. The summed E-state index contributed by atoms with van der Waals surface area (Å²) in [5.41, 5.74) is 0.508. The van der Waals surface area contributed by atoms with Crippen LogP contribution in [0.25, 0.3) is 0 Å². The van der Waals surface area contributed by atoms with E-state index in [0.29, 0.717) is 10.6 Å². The highest BCUT2D eigenvalue weighted by atomic mass is 35.5. The van der Waals surface area contributed by atoms with Crippen molar-refractivity contribution in [3.05, 3.63) is 53.1 Å². The van der Waals surface area contributed by atoms with Crippen molar-refractivity contribution in [1.29, 1.82) is 0 Å². The van der Waals surface area contributed by atoms with Gasteiger partial charge in [0.1, 0.15) is 0 Å². The van der Waals surface area contributed by atoms with E-state index in [1.54, 1.807) is 6.92 Å². The number of sulfone groups is 1. The molecule has 0 amide bonds. The molecule has 1 saturated carbocycles. The highest BCUT2D eigenvalue weighted by Crippen LogP contribution is 2.27. The van der Waals surface area contributed by atoms with E-state index in [-0.39, 0.29) is 20.7 Å². The first-order chi connectivity index (χ1) is 12.7. The van der Waals surface area contributed by atoms with Crippen molar-refractivity contribution < 1.29 is 16.8 Å². The van der Waals surface area contributed by atoms with Gasteiger partial charge in [-0.2, -0.15) is 0 Å². The summed E-state index contributed by atoms with van der Waals surface area (Å²) < 4.78 is 54.2. The molecule has 1 N–H and O–H groups in total. The van der Waals surface area contributed by atoms with E-state index < -0.39 is 19.9 Å². The average molecular weight is 428 g/mol. The molecule has 0 saturated heterocycles. The summed E-state index contributed by atoms with van der Waals surface area (Å²) in [6.07, 6.45) is 4.72. The Labute approximate surface area is 165 Å². The van der Waals surface area contributed by atoms with Gasteiger partial charge in [0.2, 0.25) is 19.9 Å². The van der Waals surface area contributed by atoms with Crippen molar-refractivity contribution in [2.75, 3.05) is 0 Å². The van der Waals surface area contributed by atoms with Crippen LogP contribution in [0.5, 0.6) is 0 Å². The summed E-state index contributed by atoms with van der Waals surface area (Å²) in [5, 5.41) is 0.429. The zero-order valence-corrected chi connectivity index (χ0v) is 17.4. The lowest BCUT2D eigenvalue weighted by Crippen LogP contribution is -2.36. The normalized spacial score (nSPS) is 16.4. The van der Waals surface area contributed by atoms with Crippen molar-refractivity contribution in [3.8, 4) is 0 Å². The Hall–Kier alpha value is -1.41. The zero-order chi connectivity index (χ0) is 19.7. The van der Waals surface area contributed by atoms with Gasteiger partial charge in [-0.05, 0) is 61.7 Å². The van der Waals surface area contributed by atoms with Crippen LogP contribution in [0.2, 0.25) is 5.02 Å². The molecule has 0 unspecified atom stereocenters. The number of halogens is 1. The second-order valence-corrected chi connectivity index (χ2v) is 10.9. The lowest BCUT2D eigenvalue weighted by molar-refractivity contribution is 0.412. The summed E-state index contributed by atoms with van der Waals surface area (Å²) in [7, 11) is -7.64. The van der Waals surface area contributed by atoms with Gasteiger partial charge in [-0.3, -0.25) is 0 Å². The Morgan fingerprint density at radius 3 is 2.11 bits per heavy atom. The van der Waals surface area contributed by atoms with Crippen LogP contribution in [0.4, 0.5) is 0 Å². The van der Waals surface area contributed by atoms with Crippen LogP contribution in [-0.4, -0.2) is 22.9 Å². The molecule has 0 radical (unpaired) electrons. The second-order valence-electron chi connectivity index (χ2n) is 6.84. The predicted octanol–water partition coefficient (Wildman–Crippen LogP) is 4.09. The van der Waals surface area contributed by atoms with Crippen LogP contribution in [0.1, 0.15) is 37.7 Å². The van der Waals surface area contributed by atoms with E-state index in [1.807, 2.05) is 0 Å². The fraction of sp³-hybridized carbons (Fsp3) is 0.368. The minimum atomic E-state index is -3.84. The highest BCUT2D eigenvalue weighted by Gasteiger charge is 2.26. The van der Waals surface area contributed by atoms with E-state index in [2.05, 4.69) is 4.72 Å². The van der Waals surface area contributed by atoms with E-state index in [4.69, 9.17) is 11.6 Å². The Balaban J connectivity index is 1.97. The molecule has 2 aromatic carbocycles. The zero-order valence-electron chi connectivity index (χ0n) is 15.0. The Morgan fingerprint density at radius 1 is 0.889 bits per heavy atom. The first-order valence-electron chi connectivity index (χ1n) is 8.84. The molecular formula is C19H22ClNO4S2. The average Bonchev–Trinajstić information content (AvgIpc) is 2.62. The fourth-order valence-electron chi connectivity index (χ4n) is 3.29. The quantitative estimate of drug-likeness (QED) is 0.779. The van der Waals surface area contributed by atoms with Gasteiger partial charge in [0.25, 0.3) is 0 Å². The molecule has 2 aromatic rings. The summed E-state index contributed by atoms with van der Waals surface area (Å²) in [6, 6.07) is 9.90. The molecule has 0 aromatic heterocycles. The number of sulfonamides is 1. The van der Waals surface area contributed by atoms with Crippen molar-refractivity contribution in [3.63, 3.8) is 0 Å². The van der Waals surface area contributed by atoms with Gasteiger partial charge in [0.05, 0.1) is 14.7 Å². The van der Waals surface area contributed by atoms with Gasteiger partial charge in [0.15, 0.2) is 0 Å². The number of rotatable bonds is 5. The number of aryl methyl sites for hydroxylation is 1. The smallest absolute Gasteiger partial charge is 0.219 e. The van der Waals surface area contributed by atoms with Crippen LogP contribution < -0.4 is 4.72 Å². The van der Waals surface area contributed by atoms with Gasteiger partial charge in [-0.15, -0.1) is 0 Å². The molecule has 0 aliphatic heterocycles. The SMILES string of the molecule is Cc1ccc(S(=O)(=O)c2ccc(Cl)cc2)cc1S(=O)(=O)NC1CCCCC1. The molecule has 0 atom stereocenters. The number of nitrogens with one attached hydrogen (secondary N) is 1. The fourth-order valence-corrected chi connectivity index (χ4v) is 6.35. The summed E-state index contributed by atoms with van der Waals surface area (Å²) >= 11 is 5.82. The van der Waals surface area contributed by atoms with E-state index in [0.717, 1.165) is 32.1 Å². The van der Waals surface area contributed by atoms with Crippen LogP contribution in [0.15, 0.2) is 57.2 Å². The first-order valence-corrected chi connectivity index (χ1v) is 12.2. The molecule has 146 valence electrons. The van der Waals surface area contributed by atoms with Crippen LogP contribution in [0, 0.1) is 6.92 Å². The van der Waals surface area contributed by atoms with Gasteiger partial charge >= 0.3 is 0 Å². The number of hydrogen-bond acceptors (Lipinski definition) is 4. The molecule has 8 heteroatoms. The molecule has 0 spiro atoms. The van der Waals surface area contributed by atoms with Crippen LogP contribution in [0.3, 0.4) is 0 Å². The summed E-state index contributed by atoms with van der Waals surface area (Å²) in [6.45, 7) is 1.66. The van der Waals surface area contributed by atoms with Crippen molar-refractivity contribution in [2.45, 2.75) is 59.8 Å². The maximum atomic E-state index is 12.9. The maximum Gasteiger partial charge on any atom is 0.241 e. The van der Waals surface area contributed by atoms with E-state index in [1.165, 1.54) is 42.5 Å². The van der Waals surface area contributed by atoms with Gasteiger partial charge in [-0.25, -0.2) is 21.6 Å². The topological polar surface area (TPSA) is 80.3 Å². The molecule has 5 nitrogen and oxygen atoms in total. The molecule has 1 aliphatic rings. The monoisotopic (exact) mass is 427 g/mol. The predicted molar refractivity (Wildman–Crippen MR) is 105 cm³/mol. The molecule has 0 heterocycles. The number of benzene rings is 2. The standard InChI is InChI=1S/C19H22ClNO4S2/c1-14-7-10-18(26(22,23)17-11-8-15(20)9-12-17)13-19(14)27(24,25)21-16-5-3-2-4-6-16/h7-13,16,21H,2-6H2,1H3. The Bertz CT molecular complexity index is 1030. The lowest BCUT2D eigenvalue weighted by atomic mass is 9.96. The highest BCUT2D eigenvalue weighted by molar-refractivity contribution is 7.91.